The van der Waals surface area contributed by atoms with Crippen LogP contribution in [0.5, 0.6) is 5.75 Å². The van der Waals surface area contributed by atoms with Crippen molar-refractivity contribution in [2.24, 2.45) is 0 Å². The zero-order valence-electron chi connectivity index (χ0n) is 12.4. The highest BCUT2D eigenvalue weighted by Crippen LogP contribution is 2.27. The van der Waals surface area contributed by atoms with Crippen molar-refractivity contribution in [1.29, 1.82) is 0 Å². The number of halogens is 2. The standard InChI is InChI=1S/C17H17Cl2NO2/c1-11(2)13-5-3-4-6-16(13)22-10-17(21)20-15-8-7-12(18)9-14(15)19/h3-9,11H,10H2,1-2H3,(H,20,21). The minimum atomic E-state index is -0.275. The highest BCUT2D eigenvalue weighted by molar-refractivity contribution is 6.36. The second-order valence-corrected chi connectivity index (χ2v) is 6.00. The third-order valence-electron chi connectivity index (χ3n) is 3.11. The molecule has 0 atom stereocenters. The van der Waals surface area contributed by atoms with Crippen molar-refractivity contribution in [3.05, 3.63) is 58.1 Å². The molecule has 0 unspecified atom stereocenters. The summed E-state index contributed by atoms with van der Waals surface area (Å²) >= 11 is 11.8. The van der Waals surface area contributed by atoms with Crippen LogP contribution in [-0.2, 0) is 4.79 Å². The van der Waals surface area contributed by atoms with Crippen molar-refractivity contribution < 1.29 is 9.53 Å². The normalized spacial score (nSPS) is 10.6. The zero-order chi connectivity index (χ0) is 16.1. The number of amides is 1. The van der Waals surface area contributed by atoms with Gasteiger partial charge >= 0.3 is 0 Å². The van der Waals surface area contributed by atoms with E-state index < -0.39 is 0 Å². The van der Waals surface area contributed by atoms with Crippen LogP contribution in [0.1, 0.15) is 25.3 Å². The molecule has 116 valence electrons. The second-order valence-electron chi connectivity index (χ2n) is 5.15. The van der Waals surface area contributed by atoms with E-state index in [2.05, 4.69) is 19.2 Å². The van der Waals surface area contributed by atoms with Gasteiger partial charge in [0.2, 0.25) is 0 Å². The van der Waals surface area contributed by atoms with Crippen molar-refractivity contribution in [3.8, 4) is 5.75 Å². The first-order valence-corrected chi connectivity index (χ1v) is 7.69. The molecule has 1 N–H and O–H groups in total. The Bertz CT molecular complexity index is 671. The lowest BCUT2D eigenvalue weighted by Gasteiger charge is -2.14. The molecule has 0 saturated heterocycles. The lowest BCUT2D eigenvalue weighted by atomic mass is 10.0. The Morgan fingerprint density at radius 2 is 1.91 bits per heavy atom. The molecule has 0 aliphatic rings. The van der Waals surface area contributed by atoms with Crippen LogP contribution in [0.3, 0.4) is 0 Å². The van der Waals surface area contributed by atoms with E-state index in [9.17, 15) is 4.79 Å². The summed E-state index contributed by atoms with van der Waals surface area (Å²) in [6.45, 7) is 4.08. The molecule has 1 amide bonds. The van der Waals surface area contributed by atoms with E-state index in [-0.39, 0.29) is 12.5 Å². The van der Waals surface area contributed by atoms with Crippen LogP contribution >= 0.6 is 23.2 Å². The minimum absolute atomic E-state index is 0.0807. The summed E-state index contributed by atoms with van der Waals surface area (Å²) in [6, 6.07) is 12.6. The first-order valence-electron chi connectivity index (χ1n) is 6.94. The Balaban J connectivity index is 1.99. The summed E-state index contributed by atoms with van der Waals surface area (Å²) in [7, 11) is 0. The maximum absolute atomic E-state index is 12.0. The lowest BCUT2D eigenvalue weighted by Crippen LogP contribution is -2.20. The van der Waals surface area contributed by atoms with Crippen LogP contribution in [0.25, 0.3) is 0 Å². The monoisotopic (exact) mass is 337 g/mol. The summed E-state index contributed by atoms with van der Waals surface area (Å²) < 4.78 is 5.61. The third-order valence-corrected chi connectivity index (χ3v) is 3.65. The molecule has 22 heavy (non-hydrogen) atoms. The van der Waals surface area contributed by atoms with E-state index in [1.165, 1.54) is 0 Å². The van der Waals surface area contributed by atoms with Gasteiger partial charge in [0, 0.05) is 5.02 Å². The van der Waals surface area contributed by atoms with Crippen molar-refractivity contribution >= 4 is 34.8 Å². The molecule has 2 aromatic carbocycles. The predicted molar refractivity (Wildman–Crippen MR) is 91.1 cm³/mol. The molecule has 0 heterocycles. The first kappa shape index (κ1) is 16.7. The van der Waals surface area contributed by atoms with Crippen molar-refractivity contribution in [3.63, 3.8) is 0 Å². The Labute approximate surface area is 140 Å². The number of para-hydroxylation sites is 1. The number of anilines is 1. The van der Waals surface area contributed by atoms with Gasteiger partial charge in [0.1, 0.15) is 5.75 Å². The summed E-state index contributed by atoms with van der Waals surface area (Å²) in [5.74, 6) is 0.766. The number of nitrogens with one attached hydrogen (secondary N) is 1. The SMILES string of the molecule is CC(C)c1ccccc1OCC(=O)Nc1ccc(Cl)cc1Cl. The van der Waals surface area contributed by atoms with E-state index in [1.54, 1.807) is 18.2 Å². The van der Waals surface area contributed by atoms with Crippen LogP contribution in [0.15, 0.2) is 42.5 Å². The Morgan fingerprint density at radius 3 is 2.59 bits per heavy atom. The van der Waals surface area contributed by atoms with Crippen molar-refractivity contribution in [1.82, 2.24) is 0 Å². The summed E-state index contributed by atoms with van der Waals surface area (Å²) in [5.41, 5.74) is 1.58. The fourth-order valence-electron chi connectivity index (χ4n) is 2.01. The molecule has 0 fully saturated rings. The largest absolute Gasteiger partial charge is 0.483 e. The second kappa shape index (κ2) is 7.52. The number of hydrogen-bond acceptors (Lipinski definition) is 2. The molecule has 5 heteroatoms. The van der Waals surface area contributed by atoms with Gasteiger partial charge in [0.15, 0.2) is 6.61 Å². The van der Waals surface area contributed by atoms with Crippen LogP contribution in [0.4, 0.5) is 5.69 Å². The quantitative estimate of drug-likeness (QED) is 0.820. The summed E-state index contributed by atoms with van der Waals surface area (Å²) in [4.78, 5) is 12.0. The van der Waals surface area contributed by atoms with Crippen LogP contribution in [0, 0.1) is 0 Å². The summed E-state index contributed by atoms with van der Waals surface area (Å²) in [5, 5.41) is 3.61. The van der Waals surface area contributed by atoms with E-state index in [0.29, 0.717) is 21.7 Å². The van der Waals surface area contributed by atoms with Crippen LogP contribution in [-0.4, -0.2) is 12.5 Å². The third kappa shape index (κ3) is 4.39. The van der Waals surface area contributed by atoms with Gasteiger partial charge < -0.3 is 10.1 Å². The molecule has 0 aliphatic carbocycles. The maximum atomic E-state index is 12.0. The Hall–Kier alpha value is -1.71. The molecule has 0 aromatic heterocycles. The molecule has 2 aromatic rings. The van der Waals surface area contributed by atoms with Crippen molar-refractivity contribution in [2.75, 3.05) is 11.9 Å². The predicted octanol–water partition coefficient (Wildman–Crippen LogP) is 5.13. The van der Waals surface area contributed by atoms with Gasteiger partial charge in [0.25, 0.3) is 5.91 Å². The fraction of sp³-hybridized carbons (Fsp3) is 0.235. The highest BCUT2D eigenvalue weighted by Gasteiger charge is 2.10. The van der Waals surface area contributed by atoms with Crippen molar-refractivity contribution in [2.45, 2.75) is 19.8 Å². The van der Waals surface area contributed by atoms with E-state index in [4.69, 9.17) is 27.9 Å². The van der Waals surface area contributed by atoms with Gasteiger partial charge in [0.05, 0.1) is 10.7 Å². The van der Waals surface area contributed by atoms with Gasteiger partial charge in [-0.2, -0.15) is 0 Å². The number of hydrogen-bond donors (Lipinski definition) is 1. The highest BCUT2D eigenvalue weighted by atomic mass is 35.5. The zero-order valence-corrected chi connectivity index (χ0v) is 13.9. The number of carbonyl (C=O) groups excluding carboxylic acids is 1. The van der Waals surface area contributed by atoms with Gasteiger partial charge in [-0.15, -0.1) is 0 Å². The van der Waals surface area contributed by atoms with E-state index in [1.807, 2.05) is 24.3 Å². The smallest absolute Gasteiger partial charge is 0.262 e. The first-order chi connectivity index (χ1) is 10.5. The summed E-state index contributed by atoms with van der Waals surface area (Å²) in [6.07, 6.45) is 0. The Kier molecular flexibility index (Phi) is 5.69. The van der Waals surface area contributed by atoms with Gasteiger partial charge in [-0.05, 0) is 35.7 Å². The minimum Gasteiger partial charge on any atom is -0.483 e. The molecule has 0 bridgehead atoms. The van der Waals surface area contributed by atoms with Crippen LogP contribution < -0.4 is 10.1 Å². The Morgan fingerprint density at radius 1 is 1.18 bits per heavy atom. The molecular formula is C17H17Cl2NO2. The number of rotatable bonds is 5. The van der Waals surface area contributed by atoms with E-state index in [0.717, 1.165) is 11.3 Å². The molecule has 0 aliphatic heterocycles. The van der Waals surface area contributed by atoms with E-state index >= 15 is 0 Å². The number of benzene rings is 2. The number of carbonyl (C=O) groups is 1. The fourth-order valence-corrected chi connectivity index (χ4v) is 2.47. The van der Waals surface area contributed by atoms with Gasteiger partial charge in [-0.3, -0.25) is 4.79 Å². The molecule has 0 saturated carbocycles. The van der Waals surface area contributed by atoms with Crippen LogP contribution in [0.2, 0.25) is 10.0 Å². The maximum Gasteiger partial charge on any atom is 0.262 e. The molecule has 0 radical (unpaired) electrons. The topological polar surface area (TPSA) is 38.3 Å². The number of ether oxygens (including phenoxy) is 1. The molecule has 2 rings (SSSR count). The van der Waals surface area contributed by atoms with Gasteiger partial charge in [-0.1, -0.05) is 55.2 Å². The average molecular weight is 338 g/mol. The molecule has 0 spiro atoms. The average Bonchev–Trinajstić information content (AvgIpc) is 2.48. The molecule has 3 nitrogen and oxygen atoms in total. The lowest BCUT2D eigenvalue weighted by molar-refractivity contribution is -0.118. The molecular weight excluding hydrogens is 321 g/mol. The van der Waals surface area contributed by atoms with Gasteiger partial charge in [-0.25, -0.2) is 0 Å².